The number of nitrogens with one attached hydrogen (secondary N) is 5. The van der Waals surface area contributed by atoms with Crippen molar-refractivity contribution in [3.63, 3.8) is 0 Å². The number of sulfonamides is 1. The van der Waals surface area contributed by atoms with Crippen molar-refractivity contribution >= 4 is 39.8 Å². The number of methoxy groups -OCH3 is 1. The van der Waals surface area contributed by atoms with Gasteiger partial charge in [0.05, 0.1) is 19.9 Å². The molecule has 3 aliphatic heterocycles. The lowest BCUT2D eigenvalue weighted by molar-refractivity contribution is -0.124. The van der Waals surface area contributed by atoms with Crippen LogP contribution < -0.4 is 30.7 Å². The van der Waals surface area contributed by atoms with Crippen LogP contribution in [0.25, 0.3) is 0 Å². The minimum absolute atomic E-state index is 0.205. The van der Waals surface area contributed by atoms with Crippen LogP contribution in [0.4, 0.5) is 9.59 Å². The molecule has 0 saturated carbocycles. The summed E-state index contributed by atoms with van der Waals surface area (Å²) >= 11 is 0. The molecule has 2 saturated heterocycles. The molecule has 2 aromatic carbocycles. The van der Waals surface area contributed by atoms with Gasteiger partial charge in [0.1, 0.15) is 5.75 Å². The predicted octanol–water partition coefficient (Wildman–Crippen LogP) is -1.14. The third kappa shape index (κ3) is 5.17. The number of ether oxygens (including phenoxy) is 1. The van der Waals surface area contributed by atoms with Crippen molar-refractivity contribution in [1.82, 2.24) is 30.9 Å². The molecule has 15 heteroatoms. The van der Waals surface area contributed by atoms with Crippen LogP contribution in [0.1, 0.15) is 27.0 Å². The first-order valence-corrected chi connectivity index (χ1v) is 14.0. The van der Waals surface area contributed by atoms with Crippen molar-refractivity contribution in [2.24, 2.45) is 0 Å². The van der Waals surface area contributed by atoms with E-state index in [4.69, 9.17) is 4.74 Å². The molecule has 14 nitrogen and oxygen atoms in total. The maximum atomic E-state index is 13.1. The van der Waals surface area contributed by atoms with Crippen LogP contribution in [0.15, 0.2) is 42.5 Å². The molecule has 0 unspecified atom stereocenters. The van der Waals surface area contributed by atoms with Gasteiger partial charge in [0.15, 0.2) is 5.54 Å². The fourth-order valence-electron chi connectivity index (χ4n) is 4.79. The summed E-state index contributed by atoms with van der Waals surface area (Å²) in [4.78, 5) is 64.0. The van der Waals surface area contributed by atoms with Crippen LogP contribution in [-0.2, 0) is 31.7 Å². The van der Waals surface area contributed by atoms with Gasteiger partial charge in [0, 0.05) is 24.2 Å². The van der Waals surface area contributed by atoms with E-state index in [0.717, 1.165) is 11.8 Å². The maximum Gasteiger partial charge on any atom is 0.323 e. The molecule has 41 heavy (non-hydrogen) atoms. The number of hydrogen-bond acceptors (Lipinski definition) is 8. The molecule has 0 spiro atoms. The summed E-state index contributed by atoms with van der Waals surface area (Å²) in [5.41, 5.74) is -1.62. The number of carbonyl (C=O) groups excluding carboxylic acids is 5. The molecule has 2 aromatic rings. The van der Waals surface area contributed by atoms with E-state index in [1.54, 1.807) is 18.2 Å². The molecule has 212 valence electrons. The second kappa shape index (κ2) is 9.91. The van der Waals surface area contributed by atoms with Crippen LogP contribution >= 0.6 is 0 Å². The highest BCUT2D eigenvalue weighted by molar-refractivity contribution is 7.88. The predicted molar refractivity (Wildman–Crippen MR) is 142 cm³/mol. The Labute approximate surface area is 234 Å². The first kappa shape index (κ1) is 27.6. The summed E-state index contributed by atoms with van der Waals surface area (Å²) in [6, 6.07) is 9.52. The molecular formula is C26H24N6O8S. The fourth-order valence-corrected chi connectivity index (χ4v) is 5.27. The average Bonchev–Trinajstić information content (AvgIpc) is 3.50. The number of urea groups is 2. The third-order valence-electron chi connectivity index (χ3n) is 6.90. The summed E-state index contributed by atoms with van der Waals surface area (Å²) in [6.45, 7) is -0.448. The highest BCUT2D eigenvalue weighted by atomic mass is 32.2. The Hall–Kier alpha value is -4.94. The van der Waals surface area contributed by atoms with Crippen molar-refractivity contribution in [2.45, 2.75) is 17.6 Å². The smallest absolute Gasteiger partial charge is 0.323 e. The maximum absolute atomic E-state index is 13.1. The molecule has 5 N–H and O–H groups in total. The topological polar surface area (TPSA) is 192 Å². The van der Waals surface area contributed by atoms with Crippen molar-refractivity contribution in [2.75, 3.05) is 26.5 Å². The van der Waals surface area contributed by atoms with Crippen molar-refractivity contribution in [3.05, 3.63) is 64.7 Å². The van der Waals surface area contributed by atoms with E-state index in [1.807, 2.05) is 0 Å². The quantitative estimate of drug-likeness (QED) is 0.201. The summed E-state index contributed by atoms with van der Waals surface area (Å²) in [5, 5.41) is 9.28. The summed E-state index contributed by atoms with van der Waals surface area (Å²) in [5.74, 6) is 4.33. The average molecular weight is 581 g/mol. The van der Waals surface area contributed by atoms with E-state index >= 15 is 0 Å². The van der Waals surface area contributed by atoms with Gasteiger partial charge < -0.3 is 20.3 Å². The van der Waals surface area contributed by atoms with Gasteiger partial charge in [-0.2, -0.15) is 0 Å². The van der Waals surface area contributed by atoms with E-state index < -0.39 is 51.5 Å². The van der Waals surface area contributed by atoms with Gasteiger partial charge in [-0.15, -0.1) is 0 Å². The molecule has 0 aromatic heterocycles. The highest BCUT2D eigenvalue weighted by Gasteiger charge is 2.49. The second-order valence-electron chi connectivity index (χ2n) is 9.73. The number of nitrogens with zero attached hydrogens (tertiary/aromatic N) is 1. The second-order valence-corrected chi connectivity index (χ2v) is 11.6. The number of fused-ring (bicyclic) bond motifs is 1. The van der Waals surface area contributed by atoms with Gasteiger partial charge >= 0.3 is 12.1 Å². The molecular weight excluding hydrogens is 556 g/mol. The SMILES string of the molecule is COc1ccc2c(c1)C(=O)N(C[C@@]1(C#Cc3ccc([C@]4(CNS(C)(=O)=O)NC(=O)NC4=O)cc3)NC(=O)NC1=O)C2. The third-order valence-corrected chi connectivity index (χ3v) is 7.57. The van der Waals surface area contributed by atoms with Crippen LogP contribution in [0.3, 0.4) is 0 Å². The van der Waals surface area contributed by atoms with Crippen molar-refractivity contribution < 1.29 is 37.1 Å². The Kier molecular flexibility index (Phi) is 6.68. The molecule has 2 atom stereocenters. The Morgan fingerprint density at radius 3 is 2.24 bits per heavy atom. The molecule has 2 fully saturated rings. The number of benzene rings is 2. The molecule has 5 rings (SSSR count). The monoisotopic (exact) mass is 580 g/mol. The van der Waals surface area contributed by atoms with E-state index in [-0.39, 0.29) is 24.6 Å². The minimum Gasteiger partial charge on any atom is -0.497 e. The van der Waals surface area contributed by atoms with Crippen LogP contribution in [0.5, 0.6) is 5.75 Å². The first-order valence-electron chi connectivity index (χ1n) is 12.2. The minimum atomic E-state index is -3.69. The molecule has 3 aliphatic rings. The van der Waals surface area contributed by atoms with Gasteiger partial charge in [-0.1, -0.05) is 30.0 Å². The first-order chi connectivity index (χ1) is 19.3. The zero-order valence-corrected chi connectivity index (χ0v) is 22.6. The van der Waals surface area contributed by atoms with E-state index in [2.05, 4.69) is 37.8 Å². The largest absolute Gasteiger partial charge is 0.497 e. The Balaban J connectivity index is 1.42. The number of rotatable bonds is 7. The molecule has 3 heterocycles. The van der Waals surface area contributed by atoms with E-state index in [1.165, 1.54) is 36.3 Å². The van der Waals surface area contributed by atoms with Crippen molar-refractivity contribution in [1.29, 1.82) is 0 Å². The molecule has 0 aliphatic carbocycles. The Morgan fingerprint density at radius 1 is 0.976 bits per heavy atom. The molecule has 7 amide bonds. The van der Waals surface area contributed by atoms with Crippen LogP contribution in [0, 0.1) is 11.8 Å². The van der Waals surface area contributed by atoms with Gasteiger partial charge in [-0.3, -0.25) is 25.0 Å². The number of imide groups is 2. The lowest BCUT2D eigenvalue weighted by Gasteiger charge is -2.27. The van der Waals surface area contributed by atoms with Gasteiger partial charge in [-0.25, -0.2) is 22.7 Å². The lowest BCUT2D eigenvalue weighted by Crippen LogP contribution is -2.54. The van der Waals surface area contributed by atoms with Crippen molar-refractivity contribution in [3.8, 4) is 17.6 Å². The van der Waals surface area contributed by atoms with Crippen LogP contribution in [0.2, 0.25) is 0 Å². The highest BCUT2D eigenvalue weighted by Crippen LogP contribution is 2.29. The van der Waals surface area contributed by atoms with E-state index in [9.17, 15) is 32.4 Å². The molecule has 0 bridgehead atoms. The fraction of sp³-hybridized carbons (Fsp3) is 0.269. The number of carbonyl (C=O) groups is 5. The normalized spacial score (nSPS) is 23.3. The van der Waals surface area contributed by atoms with Gasteiger partial charge in [-0.05, 0) is 35.4 Å². The summed E-state index contributed by atoms with van der Waals surface area (Å²) in [6.07, 6.45) is 0.924. The van der Waals surface area contributed by atoms with Crippen LogP contribution in [-0.4, -0.2) is 75.1 Å². The summed E-state index contributed by atoms with van der Waals surface area (Å²) in [7, 11) is -2.20. The number of amides is 7. The number of hydrogen-bond donors (Lipinski definition) is 5. The van der Waals surface area contributed by atoms with E-state index in [0.29, 0.717) is 16.9 Å². The van der Waals surface area contributed by atoms with Gasteiger partial charge in [0.2, 0.25) is 15.6 Å². The zero-order valence-electron chi connectivity index (χ0n) is 21.8. The summed E-state index contributed by atoms with van der Waals surface area (Å²) < 4.78 is 30.8. The zero-order chi connectivity index (χ0) is 29.6. The van der Waals surface area contributed by atoms with Gasteiger partial charge in [0.25, 0.3) is 17.7 Å². The lowest BCUT2D eigenvalue weighted by atomic mass is 9.89. The molecule has 0 radical (unpaired) electrons. The Bertz CT molecular complexity index is 1680. The Morgan fingerprint density at radius 2 is 1.66 bits per heavy atom. The standard InChI is InChI=1S/C26H24N6O8S/c1-40-18-8-5-16-12-32(20(33)19(16)11-18)14-25(21(34)28-23(36)30-25)10-9-15-3-6-17(7-4-15)26(13-27-41(2,38)39)22(35)29-24(37)31-26/h3-8,11,27H,12-14H2,1-2H3,(H2,28,30,34,36)(H2,29,31,35,37)/t25-,26+/m1/s1.